The molecule has 0 saturated heterocycles. The van der Waals surface area contributed by atoms with Crippen molar-refractivity contribution in [3.05, 3.63) is 93.6 Å². The summed E-state index contributed by atoms with van der Waals surface area (Å²) >= 11 is 0. The first-order chi connectivity index (χ1) is 19.4. The van der Waals surface area contributed by atoms with Crippen LogP contribution >= 0.6 is 0 Å². The van der Waals surface area contributed by atoms with E-state index >= 15 is 0 Å². The second-order valence-corrected chi connectivity index (χ2v) is 11.5. The average Bonchev–Trinajstić information content (AvgIpc) is 2.91. The Morgan fingerprint density at radius 3 is 2.39 bits per heavy atom. The SMILES string of the molecule is CC(=O)C1=C(O)[C@@H](N(C)C)[C@@H]2C[C@H]3C(=C(O)[C@]2(O)C1=O)C(=O)c1c(cc2cccnc2c1O)[C@@H]3c1ccc(C)cc1. The van der Waals surface area contributed by atoms with Gasteiger partial charge in [-0.15, -0.1) is 0 Å². The minimum atomic E-state index is -2.64. The number of allylic oxidation sites excluding steroid dienone is 1. The number of aliphatic hydroxyl groups is 3. The van der Waals surface area contributed by atoms with Gasteiger partial charge >= 0.3 is 0 Å². The number of nitrogens with zero attached hydrogens (tertiary/aromatic N) is 2. The highest BCUT2D eigenvalue weighted by molar-refractivity contribution is 6.25. The van der Waals surface area contributed by atoms with Gasteiger partial charge in [-0.2, -0.15) is 0 Å². The van der Waals surface area contributed by atoms with Crippen LogP contribution in [0.25, 0.3) is 10.9 Å². The summed E-state index contributed by atoms with van der Waals surface area (Å²) in [5.74, 6) is -6.67. The van der Waals surface area contributed by atoms with Gasteiger partial charge in [0.2, 0.25) is 5.78 Å². The predicted octanol–water partition coefficient (Wildman–Crippen LogP) is 3.67. The number of aliphatic hydroxyl groups excluding tert-OH is 2. The Labute approximate surface area is 236 Å². The van der Waals surface area contributed by atoms with Crippen LogP contribution in [0.5, 0.6) is 5.75 Å². The summed E-state index contributed by atoms with van der Waals surface area (Å²) in [6.07, 6.45) is 1.52. The first-order valence-corrected chi connectivity index (χ1v) is 13.4. The lowest BCUT2D eigenvalue weighted by atomic mass is 9.55. The number of fused-ring (bicyclic) bond motifs is 4. The molecule has 3 aliphatic carbocycles. The van der Waals surface area contributed by atoms with Crippen molar-refractivity contribution < 1.29 is 34.8 Å². The van der Waals surface area contributed by atoms with Crippen LogP contribution in [-0.4, -0.2) is 73.4 Å². The second kappa shape index (κ2) is 9.09. The number of aryl methyl sites for hydroxylation is 1. The highest BCUT2D eigenvalue weighted by Crippen LogP contribution is 2.57. The molecule has 5 atom stereocenters. The van der Waals surface area contributed by atoms with E-state index in [1.54, 1.807) is 31.1 Å². The van der Waals surface area contributed by atoms with Crippen LogP contribution in [-0.2, 0) is 9.59 Å². The smallest absolute Gasteiger partial charge is 0.209 e. The number of ketones is 3. The fourth-order valence-corrected chi connectivity index (χ4v) is 7.17. The average molecular weight is 555 g/mol. The summed E-state index contributed by atoms with van der Waals surface area (Å²) in [6, 6.07) is 12.0. The van der Waals surface area contributed by atoms with Crippen molar-refractivity contribution >= 4 is 28.3 Å². The molecule has 0 bridgehead atoms. The molecule has 1 heterocycles. The third kappa shape index (κ3) is 3.55. The van der Waals surface area contributed by atoms with Crippen molar-refractivity contribution in [1.82, 2.24) is 9.88 Å². The van der Waals surface area contributed by atoms with Gasteiger partial charge in [0.25, 0.3) is 0 Å². The van der Waals surface area contributed by atoms with E-state index in [1.807, 2.05) is 37.3 Å². The Hall–Kier alpha value is -4.34. The molecular formula is C32H30N2O7. The first kappa shape index (κ1) is 26.9. The quantitative estimate of drug-likeness (QED) is 0.356. The van der Waals surface area contributed by atoms with E-state index in [0.717, 1.165) is 18.1 Å². The predicted molar refractivity (Wildman–Crippen MR) is 150 cm³/mol. The lowest BCUT2D eigenvalue weighted by Crippen LogP contribution is -2.63. The van der Waals surface area contributed by atoms with Crippen LogP contribution in [0.1, 0.15) is 46.3 Å². The van der Waals surface area contributed by atoms with E-state index < -0.39 is 63.8 Å². The number of aromatic nitrogens is 1. The number of rotatable bonds is 3. The summed E-state index contributed by atoms with van der Waals surface area (Å²) in [6.45, 7) is 3.04. The van der Waals surface area contributed by atoms with Crippen LogP contribution in [0.2, 0.25) is 0 Å². The van der Waals surface area contributed by atoms with Crippen molar-refractivity contribution in [2.24, 2.45) is 11.8 Å². The molecule has 4 N–H and O–H groups in total. The van der Waals surface area contributed by atoms with Crippen LogP contribution in [0.15, 0.2) is 71.3 Å². The number of aromatic hydroxyl groups is 1. The minimum absolute atomic E-state index is 0.0231. The maximum Gasteiger partial charge on any atom is 0.209 e. The molecule has 9 nitrogen and oxygen atoms in total. The summed E-state index contributed by atoms with van der Waals surface area (Å²) in [7, 11) is 3.28. The molecule has 0 aliphatic heterocycles. The number of carbonyl (C=O) groups excluding carboxylic acids is 3. The van der Waals surface area contributed by atoms with E-state index in [4.69, 9.17) is 0 Å². The van der Waals surface area contributed by atoms with Gasteiger partial charge in [-0.1, -0.05) is 35.9 Å². The van der Waals surface area contributed by atoms with Crippen molar-refractivity contribution in [1.29, 1.82) is 0 Å². The Morgan fingerprint density at radius 1 is 1.07 bits per heavy atom. The van der Waals surface area contributed by atoms with Crippen LogP contribution < -0.4 is 0 Å². The second-order valence-electron chi connectivity index (χ2n) is 11.5. The molecule has 0 unspecified atom stereocenters. The molecule has 0 fully saturated rings. The topological polar surface area (TPSA) is 148 Å². The molecule has 3 aromatic rings. The molecule has 9 heteroatoms. The van der Waals surface area contributed by atoms with Crippen LogP contribution in [0.4, 0.5) is 0 Å². The molecule has 2 aromatic carbocycles. The molecule has 41 heavy (non-hydrogen) atoms. The summed E-state index contributed by atoms with van der Waals surface area (Å²) < 4.78 is 0. The van der Waals surface area contributed by atoms with Crippen molar-refractivity contribution in [3.8, 4) is 5.75 Å². The first-order valence-electron chi connectivity index (χ1n) is 13.4. The van der Waals surface area contributed by atoms with E-state index in [1.165, 1.54) is 6.20 Å². The number of carbonyl (C=O) groups is 3. The van der Waals surface area contributed by atoms with E-state index in [0.29, 0.717) is 10.9 Å². The molecule has 210 valence electrons. The Kier molecular flexibility index (Phi) is 5.95. The van der Waals surface area contributed by atoms with Gasteiger partial charge in [0, 0.05) is 34.9 Å². The van der Waals surface area contributed by atoms with Crippen molar-refractivity contribution in [2.45, 2.75) is 37.8 Å². The number of phenols is 1. The van der Waals surface area contributed by atoms with Gasteiger partial charge in [-0.25, -0.2) is 0 Å². The van der Waals surface area contributed by atoms with Crippen molar-refractivity contribution in [2.75, 3.05) is 14.1 Å². The summed E-state index contributed by atoms with van der Waals surface area (Å²) in [5, 5.41) is 46.9. The fourth-order valence-electron chi connectivity index (χ4n) is 7.17. The Morgan fingerprint density at radius 2 is 1.76 bits per heavy atom. The van der Waals surface area contributed by atoms with Crippen LogP contribution in [0, 0.1) is 18.8 Å². The molecule has 0 spiro atoms. The summed E-state index contributed by atoms with van der Waals surface area (Å²) in [5.41, 5.74) is -0.922. The van der Waals surface area contributed by atoms with Crippen LogP contribution in [0.3, 0.4) is 0 Å². The normalized spacial score (nSPS) is 27.7. The van der Waals surface area contributed by atoms with Crippen molar-refractivity contribution in [3.63, 3.8) is 0 Å². The fraction of sp³-hybridized carbons (Fsp3) is 0.312. The third-order valence-corrected chi connectivity index (χ3v) is 8.98. The van der Waals surface area contributed by atoms with E-state index in [-0.39, 0.29) is 28.8 Å². The van der Waals surface area contributed by atoms with Gasteiger partial charge in [-0.05, 0) is 57.6 Å². The highest BCUT2D eigenvalue weighted by atomic mass is 16.3. The van der Waals surface area contributed by atoms with E-state index in [9.17, 15) is 34.8 Å². The van der Waals surface area contributed by atoms with Gasteiger partial charge in [0.05, 0.1) is 11.6 Å². The molecule has 0 saturated carbocycles. The molecule has 0 amide bonds. The number of Topliss-reactive ketones (excluding diaryl/α,β-unsaturated/α-hetero) is 3. The molecule has 1 aromatic heterocycles. The zero-order chi connectivity index (χ0) is 29.5. The van der Waals surface area contributed by atoms with Gasteiger partial charge < -0.3 is 20.4 Å². The van der Waals surface area contributed by atoms with Gasteiger partial charge in [-0.3, -0.25) is 24.3 Å². The molecule has 3 aliphatic rings. The minimum Gasteiger partial charge on any atom is -0.510 e. The monoisotopic (exact) mass is 554 g/mol. The Bertz CT molecular complexity index is 1740. The number of pyridine rings is 1. The van der Waals surface area contributed by atoms with E-state index in [2.05, 4.69) is 4.98 Å². The zero-order valence-corrected chi connectivity index (χ0v) is 23.0. The zero-order valence-electron chi connectivity index (χ0n) is 23.0. The molecular weight excluding hydrogens is 524 g/mol. The van der Waals surface area contributed by atoms with Gasteiger partial charge in [0.1, 0.15) is 22.6 Å². The number of hydrogen-bond donors (Lipinski definition) is 4. The molecule has 6 rings (SSSR count). The number of phenolic OH excluding ortho intramolecular Hbond substituents is 1. The number of hydrogen-bond acceptors (Lipinski definition) is 9. The highest BCUT2D eigenvalue weighted by Gasteiger charge is 2.64. The summed E-state index contributed by atoms with van der Waals surface area (Å²) in [4.78, 5) is 46.2. The largest absolute Gasteiger partial charge is 0.510 e. The number of benzene rings is 2. The lowest BCUT2D eigenvalue weighted by molar-refractivity contribution is -0.148. The number of likely N-dealkylation sites (N-methyl/N-ethyl adjacent to an activating group) is 1. The lowest BCUT2D eigenvalue weighted by Gasteiger charge is -2.51. The maximum atomic E-state index is 14.2. The standard InChI is InChI=1S/C32H30N2O7/c1-14-7-9-16(10-8-14)22-18-12-17-6-5-11-33-25(17)28(37)23(18)27(36)24-19(22)13-20-26(34(3)4)29(38)21(15(2)35)30(39)32(20,41)31(24)40/h5-12,19-20,22,26,37-38,40-41H,13H2,1-4H3/t19-,20+,22+,26+,32-/m1/s1. The molecule has 0 radical (unpaired) electrons. The Balaban J connectivity index is 1.69. The van der Waals surface area contributed by atoms with Gasteiger partial charge in [0.15, 0.2) is 22.9 Å². The maximum absolute atomic E-state index is 14.2. The third-order valence-electron chi connectivity index (χ3n) is 8.98.